The summed E-state index contributed by atoms with van der Waals surface area (Å²) in [7, 11) is 1.69. The number of benzene rings is 3. The van der Waals surface area contributed by atoms with E-state index in [1.165, 1.54) is 5.56 Å². The number of carbonyl (C=O) groups is 1. The van der Waals surface area contributed by atoms with Crippen molar-refractivity contribution in [2.24, 2.45) is 0 Å². The van der Waals surface area contributed by atoms with Crippen LogP contribution in [0, 0.1) is 0 Å². The SMILES string of the molecule is CC(C(O)c1ccccc1)N(C)C(=O)c1cnc(NCCc2ccccc2)nc1-c1ccccc1. The van der Waals surface area contributed by atoms with Crippen LogP contribution in [0.4, 0.5) is 5.95 Å². The maximum absolute atomic E-state index is 13.5. The Bertz CT molecular complexity index is 1230. The summed E-state index contributed by atoms with van der Waals surface area (Å²) in [6, 6.07) is 28.7. The third-order valence-corrected chi connectivity index (χ3v) is 6.14. The van der Waals surface area contributed by atoms with Crippen molar-refractivity contribution in [1.29, 1.82) is 0 Å². The van der Waals surface area contributed by atoms with Gasteiger partial charge in [0.1, 0.15) is 0 Å². The van der Waals surface area contributed by atoms with Crippen LogP contribution in [0.2, 0.25) is 0 Å². The highest BCUT2D eigenvalue weighted by molar-refractivity contribution is 5.99. The predicted octanol–water partition coefficient (Wildman–Crippen LogP) is 4.99. The molecule has 1 aromatic heterocycles. The van der Waals surface area contributed by atoms with Gasteiger partial charge in [-0.25, -0.2) is 9.97 Å². The molecule has 0 saturated carbocycles. The van der Waals surface area contributed by atoms with E-state index in [-0.39, 0.29) is 5.91 Å². The minimum Gasteiger partial charge on any atom is -0.386 e. The summed E-state index contributed by atoms with van der Waals surface area (Å²) >= 11 is 0. The van der Waals surface area contributed by atoms with E-state index in [1.807, 2.05) is 85.8 Å². The zero-order valence-corrected chi connectivity index (χ0v) is 20.0. The Hall–Kier alpha value is -4.03. The first-order valence-electron chi connectivity index (χ1n) is 11.7. The predicted molar refractivity (Wildman–Crippen MR) is 139 cm³/mol. The highest BCUT2D eigenvalue weighted by Gasteiger charge is 2.27. The van der Waals surface area contributed by atoms with Gasteiger partial charge in [0.2, 0.25) is 5.95 Å². The van der Waals surface area contributed by atoms with E-state index in [0.717, 1.165) is 17.5 Å². The number of likely N-dealkylation sites (N-methyl/N-ethyl adjacent to an activating group) is 1. The minimum atomic E-state index is -0.815. The van der Waals surface area contributed by atoms with Crippen molar-refractivity contribution in [2.75, 3.05) is 18.9 Å². The van der Waals surface area contributed by atoms with Crippen LogP contribution in [0.3, 0.4) is 0 Å². The van der Waals surface area contributed by atoms with Gasteiger partial charge < -0.3 is 15.3 Å². The van der Waals surface area contributed by atoms with E-state index in [1.54, 1.807) is 18.1 Å². The van der Waals surface area contributed by atoms with Crippen molar-refractivity contribution >= 4 is 11.9 Å². The topological polar surface area (TPSA) is 78.3 Å². The number of anilines is 1. The second-order valence-electron chi connectivity index (χ2n) is 8.50. The lowest BCUT2D eigenvalue weighted by Gasteiger charge is -2.29. The first kappa shape index (κ1) is 24.1. The van der Waals surface area contributed by atoms with Gasteiger partial charge in [-0.3, -0.25) is 4.79 Å². The number of aliphatic hydroxyl groups excluding tert-OH is 1. The quantitative estimate of drug-likeness (QED) is 0.363. The second kappa shape index (κ2) is 11.4. The molecule has 0 aliphatic rings. The molecule has 35 heavy (non-hydrogen) atoms. The maximum atomic E-state index is 13.5. The molecule has 2 unspecified atom stereocenters. The molecule has 2 N–H and O–H groups in total. The van der Waals surface area contributed by atoms with Gasteiger partial charge in [-0.2, -0.15) is 0 Å². The van der Waals surface area contributed by atoms with Gasteiger partial charge in [0, 0.05) is 25.4 Å². The standard InChI is InChI=1S/C29H30N4O2/c1-21(27(34)24-16-10-5-11-17-24)33(2)28(35)25-20-31-29(30-19-18-22-12-6-3-7-13-22)32-26(25)23-14-8-4-9-15-23/h3-17,20-21,27,34H,18-19H2,1-2H3,(H,30,31,32). The van der Waals surface area contributed by atoms with Gasteiger partial charge in [0.15, 0.2) is 0 Å². The average molecular weight is 467 g/mol. The largest absolute Gasteiger partial charge is 0.386 e. The van der Waals surface area contributed by atoms with Crippen LogP contribution in [0.15, 0.2) is 97.2 Å². The molecule has 178 valence electrons. The molecule has 0 bridgehead atoms. The number of nitrogens with one attached hydrogen (secondary N) is 1. The van der Waals surface area contributed by atoms with E-state index in [9.17, 15) is 9.90 Å². The van der Waals surface area contributed by atoms with Gasteiger partial charge in [0.25, 0.3) is 5.91 Å². The summed E-state index contributed by atoms with van der Waals surface area (Å²) in [5.41, 5.74) is 3.76. The molecule has 6 nitrogen and oxygen atoms in total. The maximum Gasteiger partial charge on any atom is 0.257 e. The highest BCUT2D eigenvalue weighted by Crippen LogP contribution is 2.26. The second-order valence-corrected chi connectivity index (χ2v) is 8.50. The van der Waals surface area contributed by atoms with E-state index in [4.69, 9.17) is 4.98 Å². The third kappa shape index (κ3) is 5.91. The summed E-state index contributed by atoms with van der Waals surface area (Å²) in [6.07, 6.45) is 1.59. The molecule has 1 amide bonds. The summed E-state index contributed by atoms with van der Waals surface area (Å²) in [4.78, 5) is 24.2. The number of hydrogen-bond acceptors (Lipinski definition) is 5. The smallest absolute Gasteiger partial charge is 0.257 e. The number of hydrogen-bond donors (Lipinski definition) is 2. The fourth-order valence-corrected chi connectivity index (χ4v) is 3.92. The van der Waals surface area contributed by atoms with Crippen LogP contribution in [-0.2, 0) is 6.42 Å². The number of aromatic nitrogens is 2. The Morgan fingerprint density at radius 2 is 1.54 bits per heavy atom. The highest BCUT2D eigenvalue weighted by atomic mass is 16.3. The molecule has 0 fully saturated rings. The molecule has 4 rings (SSSR count). The van der Waals surface area contributed by atoms with Gasteiger partial charge >= 0.3 is 0 Å². The van der Waals surface area contributed by atoms with Gasteiger partial charge in [0.05, 0.1) is 23.4 Å². The average Bonchev–Trinajstić information content (AvgIpc) is 2.93. The Morgan fingerprint density at radius 3 is 2.20 bits per heavy atom. The van der Waals surface area contributed by atoms with E-state index in [0.29, 0.717) is 23.8 Å². The van der Waals surface area contributed by atoms with Crippen molar-refractivity contribution in [3.63, 3.8) is 0 Å². The molecule has 3 aromatic carbocycles. The zero-order chi connectivity index (χ0) is 24.6. The Morgan fingerprint density at radius 1 is 0.943 bits per heavy atom. The van der Waals surface area contributed by atoms with Crippen molar-refractivity contribution in [3.8, 4) is 11.3 Å². The van der Waals surface area contributed by atoms with Crippen LogP contribution >= 0.6 is 0 Å². The number of rotatable bonds is 9. The van der Waals surface area contributed by atoms with Crippen LogP contribution in [0.1, 0.15) is 34.5 Å². The first-order chi connectivity index (χ1) is 17.0. The molecule has 1 heterocycles. The summed E-state index contributed by atoms with van der Waals surface area (Å²) in [5.74, 6) is 0.221. The molecular formula is C29H30N4O2. The molecule has 0 aliphatic carbocycles. The lowest BCUT2D eigenvalue weighted by atomic mass is 10.0. The van der Waals surface area contributed by atoms with Gasteiger partial charge in [-0.1, -0.05) is 91.0 Å². The van der Waals surface area contributed by atoms with Crippen LogP contribution in [0.5, 0.6) is 0 Å². The summed E-state index contributed by atoms with van der Waals surface area (Å²) in [5, 5.41) is 14.1. The molecule has 2 atom stereocenters. The van der Waals surface area contributed by atoms with Gasteiger partial charge in [-0.05, 0) is 24.5 Å². The van der Waals surface area contributed by atoms with E-state index < -0.39 is 12.1 Å². The summed E-state index contributed by atoms with van der Waals surface area (Å²) < 4.78 is 0. The van der Waals surface area contributed by atoms with Crippen LogP contribution in [0.25, 0.3) is 11.3 Å². The van der Waals surface area contributed by atoms with Crippen molar-refractivity contribution < 1.29 is 9.90 Å². The van der Waals surface area contributed by atoms with Crippen LogP contribution in [-0.4, -0.2) is 45.5 Å². The number of aliphatic hydroxyl groups is 1. The molecule has 0 radical (unpaired) electrons. The van der Waals surface area contributed by atoms with Crippen LogP contribution < -0.4 is 5.32 Å². The molecular weight excluding hydrogens is 436 g/mol. The number of carbonyl (C=O) groups excluding carboxylic acids is 1. The van der Waals surface area contributed by atoms with Crippen molar-refractivity contribution in [1.82, 2.24) is 14.9 Å². The van der Waals surface area contributed by atoms with Gasteiger partial charge in [-0.15, -0.1) is 0 Å². The third-order valence-electron chi connectivity index (χ3n) is 6.14. The number of nitrogens with zero attached hydrogens (tertiary/aromatic N) is 3. The molecule has 6 heteroatoms. The van der Waals surface area contributed by atoms with E-state index in [2.05, 4.69) is 22.4 Å². The minimum absolute atomic E-state index is 0.248. The fraction of sp³-hybridized carbons (Fsp3) is 0.207. The Balaban J connectivity index is 1.56. The molecule has 4 aromatic rings. The lowest BCUT2D eigenvalue weighted by Crippen LogP contribution is -2.39. The molecule has 0 saturated heterocycles. The fourth-order valence-electron chi connectivity index (χ4n) is 3.92. The summed E-state index contributed by atoms with van der Waals surface area (Å²) in [6.45, 7) is 2.50. The first-order valence-corrected chi connectivity index (χ1v) is 11.7. The zero-order valence-electron chi connectivity index (χ0n) is 20.0. The Kier molecular flexibility index (Phi) is 7.85. The van der Waals surface area contributed by atoms with Crippen molar-refractivity contribution in [3.05, 3.63) is 114 Å². The lowest BCUT2D eigenvalue weighted by molar-refractivity contribution is 0.0487. The van der Waals surface area contributed by atoms with Crippen molar-refractivity contribution in [2.45, 2.75) is 25.5 Å². The normalized spacial score (nSPS) is 12.5. The Labute approximate surface area is 206 Å². The molecule has 0 aliphatic heterocycles. The molecule has 0 spiro atoms. The van der Waals surface area contributed by atoms with E-state index >= 15 is 0 Å². The number of amides is 1. The monoisotopic (exact) mass is 466 g/mol.